The summed E-state index contributed by atoms with van der Waals surface area (Å²) in [6, 6.07) is 34.4. The van der Waals surface area contributed by atoms with Crippen molar-refractivity contribution in [1.29, 1.82) is 0 Å². The quantitative estimate of drug-likeness (QED) is 0.300. The minimum Gasteiger partial charge on any atom is -0.0696 e. The lowest BCUT2D eigenvalue weighted by Crippen LogP contribution is -2.06. The molecule has 4 aromatic carbocycles. The highest BCUT2D eigenvalue weighted by atomic mass is 14.2. The van der Waals surface area contributed by atoms with E-state index in [2.05, 4.69) is 84.6 Å². The van der Waals surface area contributed by atoms with Crippen molar-refractivity contribution in [1.82, 2.24) is 0 Å². The Balaban J connectivity index is 1.23. The van der Waals surface area contributed by atoms with Crippen LogP contribution in [-0.4, -0.2) is 0 Å². The fourth-order valence-corrected chi connectivity index (χ4v) is 4.50. The monoisotopic (exact) mass is 398 g/mol. The molecule has 150 valence electrons. The highest BCUT2D eigenvalue weighted by Gasteiger charge is 2.18. The molecule has 1 saturated carbocycles. The molecule has 0 N–H and O–H groups in total. The van der Waals surface area contributed by atoms with E-state index in [1.165, 1.54) is 47.6 Å². The van der Waals surface area contributed by atoms with E-state index in [0.29, 0.717) is 5.92 Å². The SMILES string of the molecule is C(#Cc1ccc(C2CCC(=Cc3ccc4ccccc4c3)CC2)cc1)c1ccccc1. The summed E-state index contributed by atoms with van der Waals surface area (Å²) in [6.07, 6.45) is 7.24. The molecule has 1 aliphatic rings. The van der Waals surface area contributed by atoms with Gasteiger partial charge in [-0.2, -0.15) is 0 Å². The highest BCUT2D eigenvalue weighted by Crippen LogP contribution is 2.36. The van der Waals surface area contributed by atoms with E-state index in [4.69, 9.17) is 0 Å². The van der Waals surface area contributed by atoms with Crippen molar-refractivity contribution in [3.05, 3.63) is 125 Å². The summed E-state index contributed by atoms with van der Waals surface area (Å²) in [5.74, 6) is 7.18. The Morgan fingerprint density at radius 2 is 1.26 bits per heavy atom. The summed E-state index contributed by atoms with van der Waals surface area (Å²) >= 11 is 0. The van der Waals surface area contributed by atoms with Crippen LogP contribution in [0.2, 0.25) is 0 Å². The van der Waals surface area contributed by atoms with Crippen LogP contribution in [0.3, 0.4) is 0 Å². The van der Waals surface area contributed by atoms with Gasteiger partial charge in [0, 0.05) is 11.1 Å². The smallest absolute Gasteiger partial charge is 0.0249 e. The fourth-order valence-electron chi connectivity index (χ4n) is 4.50. The van der Waals surface area contributed by atoms with Crippen molar-refractivity contribution in [3.63, 3.8) is 0 Å². The van der Waals surface area contributed by atoms with Crippen molar-refractivity contribution in [2.45, 2.75) is 31.6 Å². The third-order valence-corrected chi connectivity index (χ3v) is 6.28. The lowest BCUT2D eigenvalue weighted by Gasteiger charge is -2.24. The Morgan fingerprint density at radius 3 is 2.00 bits per heavy atom. The van der Waals surface area contributed by atoms with Gasteiger partial charge < -0.3 is 0 Å². The minimum absolute atomic E-state index is 0.657. The van der Waals surface area contributed by atoms with Gasteiger partial charge in [-0.05, 0) is 83.8 Å². The molecule has 0 bridgehead atoms. The van der Waals surface area contributed by atoms with E-state index in [1.54, 1.807) is 5.57 Å². The molecule has 0 radical (unpaired) electrons. The van der Waals surface area contributed by atoms with Gasteiger partial charge in [0.1, 0.15) is 0 Å². The van der Waals surface area contributed by atoms with Crippen molar-refractivity contribution in [3.8, 4) is 11.8 Å². The summed E-state index contributed by atoms with van der Waals surface area (Å²) in [5.41, 5.74) is 6.50. The van der Waals surface area contributed by atoms with Crippen LogP contribution in [0.5, 0.6) is 0 Å². The van der Waals surface area contributed by atoms with Gasteiger partial charge in [-0.25, -0.2) is 0 Å². The van der Waals surface area contributed by atoms with E-state index >= 15 is 0 Å². The summed E-state index contributed by atoms with van der Waals surface area (Å²) in [5, 5.41) is 2.63. The molecule has 0 heteroatoms. The molecule has 0 unspecified atom stereocenters. The number of benzene rings is 4. The van der Waals surface area contributed by atoms with Crippen LogP contribution in [0, 0.1) is 11.8 Å². The summed E-state index contributed by atoms with van der Waals surface area (Å²) in [4.78, 5) is 0. The first-order valence-corrected chi connectivity index (χ1v) is 11.2. The van der Waals surface area contributed by atoms with Gasteiger partial charge in [0.05, 0.1) is 0 Å². The third-order valence-electron chi connectivity index (χ3n) is 6.28. The second kappa shape index (κ2) is 9.07. The number of rotatable bonds is 2. The maximum absolute atomic E-state index is 3.28. The van der Waals surface area contributed by atoms with Gasteiger partial charge >= 0.3 is 0 Å². The zero-order valence-electron chi connectivity index (χ0n) is 17.7. The van der Waals surface area contributed by atoms with Gasteiger partial charge in [-0.15, -0.1) is 0 Å². The Labute approximate surface area is 185 Å². The first kappa shape index (κ1) is 19.4. The second-order valence-electron chi connectivity index (χ2n) is 8.42. The van der Waals surface area contributed by atoms with E-state index in [-0.39, 0.29) is 0 Å². The summed E-state index contributed by atoms with van der Waals surface area (Å²) < 4.78 is 0. The molecule has 0 aromatic heterocycles. The van der Waals surface area contributed by atoms with Crippen LogP contribution < -0.4 is 0 Å². The predicted octanol–water partition coefficient (Wildman–Crippen LogP) is 7.98. The Kier molecular flexibility index (Phi) is 5.68. The lowest BCUT2D eigenvalue weighted by atomic mass is 9.81. The van der Waals surface area contributed by atoms with Gasteiger partial charge in [-0.3, -0.25) is 0 Å². The van der Waals surface area contributed by atoms with Crippen LogP contribution >= 0.6 is 0 Å². The Bertz CT molecular complexity index is 1250. The van der Waals surface area contributed by atoms with Crippen molar-refractivity contribution >= 4 is 16.8 Å². The molecule has 4 aromatic rings. The molecule has 0 saturated heterocycles. The zero-order chi connectivity index (χ0) is 20.9. The normalized spacial score (nSPS) is 15.9. The van der Waals surface area contributed by atoms with Crippen LogP contribution in [-0.2, 0) is 0 Å². The minimum atomic E-state index is 0.657. The summed E-state index contributed by atoms with van der Waals surface area (Å²) in [6.45, 7) is 0. The van der Waals surface area contributed by atoms with E-state index in [0.717, 1.165) is 11.1 Å². The van der Waals surface area contributed by atoms with Gasteiger partial charge in [0.15, 0.2) is 0 Å². The zero-order valence-corrected chi connectivity index (χ0v) is 17.7. The standard InChI is InChI=1S/C31H26/c1-2-6-24(7-3-1)10-11-25-12-17-29(18-13-25)30-19-14-26(15-20-30)22-27-16-21-28-8-4-5-9-31(28)23-27/h1-9,12-13,16-18,21-23,30H,14-15,19-20H2. The molecule has 0 spiro atoms. The number of hydrogen-bond acceptors (Lipinski definition) is 0. The van der Waals surface area contributed by atoms with Crippen molar-refractivity contribution in [2.24, 2.45) is 0 Å². The van der Waals surface area contributed by atoms with E-state index < -0.39 is 0 Å². The summed E-state index contributed by atoms with van der Waals surface area (Å²) in [7, 11) is 0. The average Bonchev–Trinajstić information content (AvgIpc) is 2.84. The number of fused-ring (bicyclic) bond motifs is 1. The maximum atomic E-state index is 3.28. The molecule has 1 fully saturated rings. The largest absolute Gasteiger partial charge is 0.0696 e. The van der Waals surface area contributed by atoms with Crippen molar-refractivity contribution in [2.75, 3.05) is 0 Å². The van der Waals surface area contributed by atoms with E-state index in [1.807, 2.05) is 30.3 Å². The molecule has 0 nitrogen and oxygen atoms in total. The molecule has 0 atom stereocenters. The molecule has 1 aliphatic carbocycles. The van der Waals surface area contributed by atoms with Gasteiger partial charge in [0.2, 0.25) is 0 Å². The number of allylic oxidation sites excluding steroid dienone is 1. The average molecular weight is 399 g/mol. The van der Waals surface area contributed by atoms with Gasteiger partial charge in [0.25, 0.3) is 0 Å². The van der Waals surface area contributed by atoms with Gasteiger partial charge in [-0.1, -0.05) is 90.2 Å². The van der Waals surface area contributed by atoms with Crippen LogP contribution in [0.4, 0.5) is 0 Å². The fraction of sp³-hybridized carbons (Fsp3) is 0.161. The third kappa shape index (κ3) is 4.79. The maximum Gasteiger partial charge on any atom is 0.0249 e. The predicted molar refractivity (Wildman–Crippen MR) is 132 cm³/mol. The number of hydrogen-bond donors (Lipinski definition) is 0. The molecule has 0 amide bonds. The molecule has 0 aliphatic heterocycles. The Hall–Kier alpha value is -3.56. The highest BCUT2D eigenvalue weighted by molar-refractivity contribution is 5.84. The molecule has 5 rings (SSSR count). The van der Waals surface area contributed by atoms with Crippen molar-refractivity contribution < 1.29 is 0 Å². The topological polar surface area (TPSA) is 0 Å². The molecular weight excluding hydrogens is 372 g/mol. The van der Waals surface area contributed by atoms with Crippen LogP contribution in [0.15, 0.2) is 103 Å². The molecule has 31 heavy (non-hydrogen) atoms. The Morgan fingerprint density at radius 1 is 0.613 bits per heavy atom. The molecule has 0 heterocycles. The van der Waals surface area contributed by atoms with Crippen LogP contribution in [0.1, 0.15) is 53.9 Å². The second-order valence-corrected chi connectivity index (χ2v) is 8.42. The first-order valence-electron chi connectivity index (χ1n) is 11.2. The van der Waals surface area contributed by atoms with Crippen LogP contribution in [0.25, 0.3) is 16.8 Å². The molecular formula is C31H26. The lowest BCUT2D eigenvalue weighted by molar-refractivity contribution is 0.519. The van der Waals surface area contributed by atoms with E-state index in [9.17, 15) is 0 Å². The first-order chi connectivity index (χ1) is 15.3.